The third-order valence-electron chi connectivity index (χ3n) is 4.88. The van der Waals surface area contributed by atoms with Gasteiger partial charge < -0.3 is 25.2 Å². The predicted molar refractivity (Wildman–Crippen MR) is 108 cm³/mol. The Morgan fingerprint density at radius 2 is 1.86 bits per heavy atom. The van der Waals surface area contributed by atoms with Crippen LogP contribution in [0.3, 0.4) is 0 Å². The molecule has 5 atom stereocenters. The van der Waals surface area contributed by atoms with Crippen molar-refractivity contribution in [1.29, 1.82) is 0 Å². The number of carboxylic acid groups (broad SMARTS) is 2. The summed E-state index contributed by atoms with van der Waals surface area (Å²) in [6.07, 6.45) is 0. The monoisotopic (exact) mass is 433 g/mol. The molecule has 2 amide bonds. The number of hydrogen-bond acceptors (Lipinski definition) is 7. The van der Waals surface area contributed by atoms with Gasteiger partial charge in [-0.15, -0.1) is 11.8 Å². The summed E-state index contributed by atoms with van der Waals surface area (Å²) in [4.78, 5) is 46.0. The molecule has 0 aromatic carbocycles. The molecule has 0 aromatic rings. The Bertz CT molecular complexity index is 638. The van der Waals surface area contributed by atoms with Crippen molar-refractivity contribution in [3.8, 4) is 0 Å². The SMILES string of the molecule is CC(C)[C@@H](NC(=O)[C@@H](C)CS)C(=O)O.C[C@@H]1C(=O)N2[C@@H]1SC(C)(C)[C@@H]2C(=O)[O-]. The van der Waals surface area contributed by atoms with Crippen molar-refractivity contribution in [3.63, 3.8) is 0 Å². The largest absolute Gasteiger partial charge is 0.548 e. The van der Waals surface area contributed by atoms with E-state index in [9.17, 15) is 24.3 Å². The van der Waals surface area contributed by atoms with E-state index in [0.717, 1.165) is 0 Å². The van der Waals surface area contributed by atoms with Crippen molar-refractivity contribution in [1.82, 2.24) is 10.2 Å². The Morgan fingerprint density at radius 1 is 1.32 bits per heavy atom. The predicted octanol–water partition coefficient (Wildman–Crippen LogP) is 0.212. The van der Waals surface area contributed by atoms with Crippen LogP contribution in [0.25, 0.3) is 0 Å². The van der Waals surface area contributed by atoms with Gasteiger partial charge in [-0.25, -0.2) is 4.79 Å². The van der Waals surface area contributed by atoms with Gasteiger partial charge in [-0.05, 0) is 19.8 Å². The van der Waals surface area contributed by atoms with Crippen LogP contribution in [0.15, 0.2) is 0 Å². The summed E-state index contributed by atoms with van der Waals surface area (Å²) in [6.45, 7) is 10.7. The number of thiol groups is 1. The lowest BCUT2D eigenvalue weighted by atomic mass is 9.93. The number of nitrogens with zero attached hydrogens (tertiary/aromatic N) is 1. The number of amides is 2. The third-order valence-corrected chi connectivity index (χ3v) is 7.14. The fourth-order valence-corrected chi connectivity index (χ4v) is 4.86. The summed E-state index contributed by atoms with van der Waals surface area (Å²) in [5, 5.41) is 22.3. The highest BCUT2D eigenvalue weighted by Gasteiger charge is 2.59. The van der Waals surface area contributed by atoms with Crippen LogP contribution in [0.5, 0.6) is 0 Å². The molecule has 2 fully saturated rings. The maximum atomic E-state index is 11.5. The van der Waals surface area contributed by atoms with Crippen LogP contribution >= 0.6 is 24.4 Å². The number of fused-ring (bicyclic) bond motifs is 1. The molecule has 28 heavy (non-hydrogen) atoms. The van der Waals surface area contributed by atoms with Gasteiger partial charge in [-0.1, -0.05) is 27.7 Å². The van der Waals surface area contributed by atoms with Crippen molar-refractivity contribution in [2.24, 2.45) is 17.8 Å². The third kappa shape index (κ3) is 5.14. The van der Waals surface area contributed by atoms with Gasteiger partial charge in [0.2, 0.25) is 11.8 Å². The van der Waals surface area contributed by atoms with Crippen LogP contribution in [0.2, 0.25) is 0 Å². The van der Waals surface area contributed by atoms with E-state index in [1.165, 1.54) is 4.90 Å². The second-order valence-electron chi connectivity index (χ2n) is 8.02. The van der Waals surface area contributed by atoms with Crippen molar-refractivity contribution >= 4 is 48.1 Å². The number of nitrogens with one attached hydrogen (secondary N) is 1. The molecule has 0 bridgehead atoms. The number of carbonyl (C=O) groups is 4. The first-order valence-electron chi connectivity index (χ1n) is 9.11. The maximum Gasteiger partial charge on any atom is 0.326 e. The standard InChI is InChI=1S/C9H13NO3S.C9H17NO3S/c1-4-6(11)10-5(8(12)13)9(2,3)14-7(4)10;1-5(2)7(9(12)13)10-8(11)6(3)4-14/h4-5,7H,1-3H3,(H,12,13);5-7,14H,4H2,1-3H3,(H,10,11)(H,12,13)/p-1/t4-,5+,7-;6-,7+/m10/s1. The summed E-state index contributed by atoms with van der Waals surface area (Å²) < 4.78 is -0.441. The van der Waals surface area contributed by atoms with E-state index >= 15 is 0 Å². The van der Waals surface area contributed by atoms with Crippen LogP contribution in [-0.4, -0.2) is 61.7 Å². The zero-order valence-corrected chi connectivity index (χ0v) is 18.7. The lowest BCUT2D eigenvalue weighted by Crippen LogP contribution is -2.64. The summed E-state index contributed by atoms with van der Waals surface area (Å²) in [6, 6.07) is -1.59. The Hall–Kier alpha value is -1.42. The molecule has 160 valence electrons. The minimum absolute atomic E-state index is 0.0281. The fourth-order valence-electron chi connectivity index (χ4n) is 3.07. The number of rotatable bonds is 6. The van der Waals surface area contributed by atoms with Gasteiger partial charge in [0.25, 0.3) is 0 Å². The molecule has 8 nitrogen and oxygen atoms in total. The Balaban J connectivity index is 0.000000280. The molecule has 0 spiro atoms. The second-order valence-corrected chi connectivity index (χ2v) is 10.2. The summed E-state index contributed by atoms with van der Waals surface area (Å²) >= 11 is 5.52. The molecular formula is C18H29N2O6S2-. The van der Waals surface area contributed by atoms with Gasteiger partial charge in [0.15, 0.2) is 0 Å². The van der Waals surface area contributed by atoms with Gasteiger partial charge in [-0.2, -0.15) is 12.6 Å². The highest BCUT2D eigenvalue weighted by Crippen LogP contribution is 2.52. The minimum atomic E-state index is -1.15. The van der Waals surface area contributed by atoms with Gasteiger partial charge >= 0.3 is 5.97 Å². The van der Waals surface area contributed by atoms with E-state index in [4.69, 9.17) is 5.11 Å². The molecular weight excluding hydrogens is 404 g/mol. The van der Waals surface area contributed by atoms with Crippen LogP contribution in [0.1, 0.15) is 41.5 Å². The molecule has 2 heterocycles. The first-order valence-corrected chi connectivity index (χ1v) is 10.6. The molecule has 2 aliphatic rings. The zero-order chi connectivity index (χ0) is 22.0. The van der Waals surface area contributed by atoms with Crippen LogP contribution in [0, 0.1) is 17.8 Å². The molecule has 0 unspecified atom stereocenters. The summed E-state index contributed by atoms with van der Waals surface area (Å²) in [7, 11) is 0. The van der Waals surface area contributed by atoms with Gasteiger partial charge in [0.05, 0.1) is 23.3 Å². The van der Waals surface area contributed by atoms with E-state index < -0.39 is 28.8 Å². The molecule has 2 N–H and O–H groups in total. The number of hydrogen-bond donors (Lipinski definition) is 3. The van der Waals surface area contributed by atoms with Crippen LogP contribution < -0.4 is 10.4 Å². The summed E-state index contributed by atoms with van der Waals surface area (Å²) in [5.41, 5.74) is 0. The highest BCUT2D eigenvalue weighted by molar-refractivity contribution is 8.01. The summed E-state index contributed by atoms with van der Waals surface area (Å²) in [5.74, 6) is -2.50. The van der Waals surface area contributed by atoms with E-state index in [0.29, 0.717) is 5.75 Å². The average Bonchev–Trinajstić information content (AvgIpc) is 2.86. The van der Waals surface area contributed by atoms with Crippen LogP contribution in [0.4, 0.5) is 0 Å². The molecule has 0 aromatic heterocycles. The average molecular weight is 434 g/mol. The highest BCUT2D eigenvalue weighted by atomic mass is 32.2. The van der Waals surface area contributed by atoms with Crippen molar-refractivity contribution in [3.05, 3.63) is 0 Å². The molecule has 0 saturated carbocycles. The number of aliphatic carboxylic acids is 2. The molecule has 2 aliphatic heterocycles. The topological polar surface area (TPSA) is 127 Å². The maximum absolute atomic E-state index is 11.5. The van der Waals surface area contributed by atoms with E-state index in [1.54, 1.807) is 32.5 Å². The van der Waals surface area contributed by atoms with Crippen molar-refractivity contribution in [2.75, 3.05) is 5.75 Å². The van der Waals surface area contributed by atoms with Gasteiger partial charge in [0, 0.05) is 16.4 Å². The minimum Gasteiger partial charge on any atom is -0.548 e. The molecule has 10 heteroatoms. The first-order chi connectivity index (χ1) is 12.8. The first kappa shape index (κ1) is 24.6. The lowest BCUT2D eigenvalue weighted by molar-refractivity contribution is -0.312. The Morgan fingerprint density at radius 3 is 2.25 bits per heavy atom. The molecule has 2 rings (SSSR count). The molecule has 0 radical (unpaired) electrons. The smallest absolute Gasteiger partial charge is 0.326 e. The number of carbonyl (C=O) groups excluding carboxylic acids is 3. The second kappa shape index (κ2) is 9.39. The van der Waals surface area contributed by atoms with E-state index in [2.05, 4.69) is 17.9 Å². The number of carboxylic acids is 2. The normalized spacial score (nSPS) is 27.1. The van der Waals surface area contributed by atoms with Crippen LogP contribution in [-0.2, 0) is 19.2 Å². The Labute approximate surface area is 175 Å². The Kier molecular flexibility index (Phi) is 8.25. The zero-order valence-electron chi connectivity index (χ0n) is 17.0. The molecule has 0 aliphatic carbocycles. The van der Waals surface area contributed by atoms with Crippen molar-refractivity contribution < 1.29 is 29.4 Å². The van der Waals surface area contributed by atoms with E-state index in [-0.39, 0.29) is 34.9 Å². The molecule has 2 saturated heterocycles. The quantitative estimate of drug-likeness (QED) is 0.404. The number of β-lactam (4-membered cyclic amide) rings is 1. The van der Waals surface area contributed by atoms with Crippen molar-refractivity contribution in [2.45, 2.75) is 63.7 Å². The van der Waals surface area contributed by atoms with Gasteiger partial charge in [0.1, 0.15) is 6.04 Å². The van der Waals surface area contributed by atoms with E-state index in [1.807, 2.05) is 20.8 Å². The lowest BCUT2D eigenvalue weighted by Gasteiger charge is -2.43. The fraction of sp³-hybridized carbons (Fsp3) is 0.778. The van der Waals surface area contributed by atoms with Gasteiger partial charge in [-0.3, -0.25) is 9.59 Å². The number of thioether (sulfide) groups is 1.